The first kappa shape index (κ1) is 13.2. The van der Waals surface area contributed by atoms with Crippen molar-refractivity contribution in [3.8, 4) is 0 Å². The molecular formula is C9H16N2O4S. The number of sulfonamides is 1. The third-order valence-corrected chi connectivity index (χ3v) is 3.19. The maximum atomic E-state index is 11.5. The fourth-order valence-corrected chi connectivity index (χ4v) is 2.06. The Morgan fingerprint density at radius 2 is 2.19 bits per heavy atom. The molecule has 1 rings (SSSR count). The Balaban J connectivity index is 2.69. The maximum absolute atomic E-state index is 11.5. The average molecular weight is 248 g/mol. The number of hydrogen-bond donors (Lipinski definition) is 3. The van der Waals surface area contributed by atoms with Crippen molar-refractivity contribution in [2.24, 2.45) is 0 Å². The summed E-state index contributed by atoms with van der Waals surface area (Å²) in [7, 11) is -3.63. The summed E-state index contributed by atoms with van der Waals surface area (Å²) < 4.78 is 30.4. The topological polar surface area (TPSA) is 91.6 Å². The Hall–Kier alpha value is -0.890. The van der Waals surface area contributed by atoms with Gasteiger partial charge >= 0.3 is 0 Å². The molecule has 92 valence electrons. The van der Waals surface area contributed by atoms with Gasteiger partial charge in [0.15, 0.2) is 0 Å². The van der Waals surface area contributed by atoms with Crippen LogP contribution in [-0.2, 0) is 16.6 Å². The summed E-state index contributed by atoms with van der Waals surface area (Å²) in [6.07, 6.45) is 0. The number of hydrogen-bond acceptors (Lipinski definition) is 5. The van der Waals surface area contributed by atoms with Crippen molar-refractivity contribution in [2.45, 2.75) is 18.6 Å². The van der Waals surface area contributed by atoms with Crippen molar-refractivity contribution in [3.05, 3.63) is 17.9 Å². The summed E-state index contributed by atoms with van der Waals surface area (Å²) in [5, 5.41) is 11.4. The van der Waals surface area contributed by atoms with E-state index >= 15 is 0 Å². The van der Waals surface area contributed by atoms with Gasteiger partial charge in [-0.2, -0.15) is 0 Å². The van der Waals surface area contributed by atoms with Crippen LogP contribution in [0, 0.1) is 0 Å². The number of rotatable bonds is 7. The molecule has 0 fully saturated rings. The molecule has 0 unspecified atom stereocenters. The highest BCUT2D eigenvalue weighted by Gasteiger charge is 2.17. The highest BCUT2D eigenvalue weighted by Crippen LogP contribution is 2.13. The molecule has 0 bridgehead atoms. The second kappa shape index (κ2) is 6.00. The first-order chi connectivity index (χ1) is 7.60. The molecule has 0 saturated heterocycles. The minimum atomic E-state index is -3.63. The Labute approximate surface area is 94.7 Å². The summed E-state index contributed by atoms with van der Waals surface area (Å²) in [5.41, 5.74) is 0. The Morgan fingerprint density at radius 3 is 2.81 bits per heavy atom. The summed E-state index contributed by atoms with van der Waals surface area (Å²) in [6.45, 7) is 2.96. The highest BCUT2D eigenvalue weighted by atomic mass is 32.2. The predicted molar refractivity (Wildman–Crippen MR) is 58.4 cm³/mol. The van der Waals surface area contributed by atoms with E-state index in [9.17, 15) is 8.42 Å². The zero-order valence-electron chi connectivity index (χ0n) is 9.06. The fraction of sp³-hybridized carbons (Fsp3) is 0.556. The van der Waals surface area contributed by atoms with E-state index in [-0.39, 0.29) is 18.2 Å². The standard InChI is InChI=1S/C9H16N2O4S/c1-2-10-7-8-3-4-9(15-8)16(13,14)11-5-6-12/h3-4,10-12H,2,5-7H2,1H3. The first-order valence-electron chi connectivity index (χ1n) is 5.00. The first-order valence-corrected chi connectivity index (χ1v) is 6.48. The molecule has 0 radical (unpaired) electrons. The number of nitrogens with one attached hydrogen (secondary N) is 2. The van der Waals surface area contributed by atoms with E-state index in [0.29, 0.717) is 12.3 Å². The van der Waals surface area contributed by atoms with Crippen LogP contribution < -0.4 is 10.0 Å². The predicted octanol–water partition coefficient (Wildman–Crippen LogP) is -0.340. The lowest BCUT2D eigenvalue weighted by Crippen LogP contribution is -2.26. The Kier molecular flexibility index (Phi) is 4.94. The lowest BCUT2D eigenvalue weighted by Gasteiger charge is -2.01. The molecule has 0 saturated carbocycles. The van der Waals surface area contributed by atoms with Crippen LogP contribution in [0.1, 0.15) is 12.7 Å². The van der Waals surface area contributed by atoms with Crippen molar-refractivity contribution >= 4 is 10.0 Å². The van der Waals surface area contributed by atoms with E-state index in [2.05, 4.69) is 10.0 Å². The van der Waals surface area contributed by atoms with E-state index in [1.807, 2.05) is 6.92 Å². The van der Waals surface area contributed by atoms with Gasteiger partial charge in [-0.15, -0.1) is 0 Å². The largest absolute Gasteiger partial charge is 0.447 e. The molecule has 3 N–H and O–H groups in total. The Bertz CT molecular complexity index is 413. The van der Waals surface area contributed by atoms with Crippen LogP contribution in [0.15, 0.2) is 21.6 Å². The monoisotopic (exact) mass is 248 g/mol. The van der Waals surface area contributed by atoms with Gasteiger partial charge in [-0.3, -0.25) is 0 Å². The van der Waals surface area contributed by atoms with Crippen LogP contribution in [0.5, 0.6) is 0 Å². The van der Waals surface area contributed by atoms with Crippen molar-refractivity contribution in [3.63, 3.8) is 0 Å². The van der Waals surface area contributed by atoms with E-state index in [0.717, 1.165) is 6.54 Å². The number of aliphatic hydroxyl groups excluding tert-OH is 1. The van der Waals surface area contributed by atoms with Gasteiger partial charge in [0.05, 0.1) is 13.2 Å². The van der Waals surface area contributed by atoms with Gasteiger partial charge in [0.1, 0.15) is 5.76 Å². The molecule has 0 spiro atoms. The zero-order valence-corrected chi connectivity index (χ0v) is 9.88. The van der Waals surface area contributed by atoms with Crippen molar-refractivity contribution in [1.29, 1.82) is 0 Å². The second-order valence-corrected chi connectivity index (χ2v) is 4.82. The lowest BCUT2D eigenvalue weighted by atomic mass is 10.4. The van der Waals surface area contributed by atoms with Gasteiger partial charge < -0.3 is 14.8 Å². The molecule has 0 aromatic carbocycles. The van der Waals surface area contributed by atoms with Gasteiger partial charge in [0.25, 0.3) is 10.0 Å². The van der Waals surface area contributed by atoms with Gasteiger partial charge in [-0.1, -0.05) is 6.92 Å². The van der Waals surface area contributed by atoms with E-state index in [1.165, 1.54) is 6.07 Å². The van der Waals surface area contributed by atoms with Crippen molar-refractivity contribution in [2.75, 3.05) is 19.7 Å². The molecular weight excluding hydrogens is 232 g/mol. The SMILES string of the molecule is CCNCc1ccc(S(=O)(=O)NCCO)o1. The highest BCUT2D eigenvalue weighted by molar-refractivity contribution is 7.89. The minimum Gasteiger partial charge on any atom is -0.447 e. The van der Waals surface area contributed by atoms with Gasteiger partial charge in [0.2, 0.25) is 5.09 Å². The normalized spacial score (nSPS) is 11.9. The van der Waals surface area contributed by atoms with Crippen molar-refractivity contribution in [1.82, 2.24) is 10.0 Å². The molecule has 7 heteroatoms. The van der Waals surface area contributed by atoms with Gasteiger partial charge in [0, 0.05) is 6.54 Å². The average Bonchev–Trinajstić information content (AvgIpc) is 2.73. The van der Waals surface area contributed by atoms with E-state index in [1.54, 1.807) is 6.07 Å². The molecule has 1 aromatic heterocycles. The molecule has 1 heterocycles. The summed E-state index contributed by atoms with van der Waals surface area (Å²) >= 11 is 0. The lowest BCUT2D eigenvalue weighted by molar-refractivity contribution is 0.300. The van der Waals surface area contributed by atoms with Crippen LogP contribution in [0.2, 0.25) is 0 Å². The zero-order chi connectivity index (χ0) is 12.0. The van der Waals surface area contributed by atoms with Crippen LogP contribution in [0.25, 0.3) is 0 Å². The second-order valence-electron chi connectivity index (χ2n) is 3.12. The van der Waals surface area contributed by atoms with Crippen LogP contribution in [-0.4, -0.2) is 33.2 Å². The van der Waals surface area contributed by atoms with E-state index < -0.39 is 10.0 Å². The maximum Gasteiger partial charge on any atom is 0.274 e. The molecule has 0 aliphatic carbocycles. The molecule has 16 heavy (non-hydrogen) atoms. The molecule has 6 nitrogen and oxygen atoms in total. The van der Waals surface area contributed by atoms with Gasteiger partial charge in [-0.25, -0.2) is 13.1 Å². The van der Waals surface area contributed by atoms with Gasteiger partial charge in [-0.05, 0) is 18.7 Å². The molecule has 0 atom stereocenters. The fourth-order valence-electron chi connectivity index (χ4n) is 1.10. The molecule has 0 aliphatic rings. The van der Waals surface area contributed by atoms with Crippen LogP contribution >= 0.6 is 0 Å². The third-order valence-electron chi connectivity index (χ3n) is 1.85. The van der Waals surface area contributed by atoms with Crippen LogP contribution in [0.4, 0.5) is 0 Å². The van der Waals surface area contributed by atoms with E-state index in [4.69, 9.17) is 9.52 Å². The molecule has 0 aliphatic heterocycles. The molecule has 0 amide bonds. The quantitative estimate of drug-likeness (QED) is 0.614. The summed E-state index contributed by atoms with van der Waals surface area (Å²) in [4.78, 5) is 0. The van der Waals surface area contributed by atoms with Crippen LogP contribution in [0.3, 0.4) is 0 Å². The third kappa shape index (κ3) is 3.60. The molecule has 1 aromatic rings. The smallest absolute Gasteiger partial charge is 0.274 e. The van der Waals surface area contributed by atoms with Crippen molar-refractivity contribution < 1.29 is 17.9 Å². The minimum absolute atomic E-state index is 0.0222. The summed E-state index contributed by atoms with van der Waals surface area (Å²) in [6, 6.07) is 3.00. The number of furan rings is 1. The number of aliphatic hydroxyl groups is 1. The summed E-state index contributed by atoms with van der Waals surface area (Å²) in [5.74, 6) is 0.561. The Morgan fingerprint density at radius 1 is 1.44 bits per heavy atom.